The predicted octanol–water partition coefficient (Wildman–Crippen LogP) is 5.33. The van der Waals surface area contributed by atoms with Crippen LogP contribution in [0.5, 0.6) is 0 Å². The van der Waals surface area contributed by atoms with Gasteiger partial charge in [0.05, 0.1) is 5.56 Å². The van der Waals surface area contributed by atoms with E-state index in [-0.39, 0.29) is 60.5 Å². The fraction of sp³-hybridized carbons (Fsp3) is 0.323. The fourth-order valence-electron chi connectivity index (χ4n) is 4.78. The molecule has 0 bridgehead atoms. The summed E-state index contributed by atoms with van der Waals surface area (Å²) in [6, 6.07) is 19.5. The molecule has 0 unspecified atom stereocenters. The molecule has 0 saturated heterocycles. The zero-order valence-corrected chi connectivity index (χ0v) is 25.8. The third-order valence-electron chi connectivity index (χ3n) is 6.98. The minimum Gasteiger partial charge on any atom is -0.354 e. The van der Waals surface area contributed by atoms with Crippen molar-refractivity contribution in [3.8, 4) is 0 Å². The van der Waals surface area contributed by atoms with Crippen LogP contribution in [0.25, 0.3) is 0 Å². The van der Waals surface area contributed by atoms with Crippen molar-refractivity contribution in [2.24, 2.45) is 5.92 Å². The van der Waals surface area contributed by atoms with Crippen LogP contribution in [0.2, 0.25) is 10.0 Å². The normalized spacial score (nSPS) is 14.5. The van der Waals surface area contributed by atoms with Crippen LogP contribution in [-0.2, 0) is 32.6 Å². The van der Waals surface area contributed by atoms with Crippen LogP contribution in [0.15, 0.2) is 77.7 Å². The van der Waals surface area contributed by atoms with E-state index in [1.807, 2.05) is 44.2 Å². The number of carbonyl (C=O) groups excluding carboxylic acids is 3. The van der Waals surface area contributed by atoms with E-state index in [9.17, 15) is 22.8 Å². The Kier molecular flexibility index (Phi) is 10.3. The lowest BCUT2D eigenvalue weighted by molar-refractivity contribution is -0.141. The van der Waals surface area contributed by atoms with Crippen molar-refractivity contribution >= 4 is 50.9 Å². The first-order valence-electron chi connectivity index (χ1n) is 13.7. The lowest BCUT2D eigenvalue weighted by Crippen LogP contribution is -2.51. The Labute approximate surface area is 256 Å². The van der Waals surface area contributed by atoms with E-state index < -0.39 is 22.0 Å². The average Bonchev–Trinajstić information content (AvgIpc) is 3.15. The molecule has 1 aliphatic heterocycles. The Balaban J connectivity index is 1.59. The Morgan fingerprint density at radius 3 is 2.33 bits per heavy atom. The number of sulfonamides is 1. The molecule has 0 fully saturated rings. The second-order valence-corrected chi connectivity index (χ2v) is 13.3. The molecule has 3 amide bonds. The molecule has 4 rings (SSSR count). The number of hydrogen-bond acceptors (Lipinski definition) is 5. The summed E-state index contributed by atoms with van der Waals surface area (Å²) in [5.41, 5.74) is 1.60. The van der Waals surface area contributed by atoms with Crippen molar-refractivity contribution in [1.82, 2.24) is 14.5 Å². The number of benzene rings is 3. The number of rotatable bonds is 12. The number of nitrogens with zero attached hydrogens (tertiary/aromatic N) is 2. The van der Waals surface area contributed by atoms with Gasteiger partial charge in [-0.25, -0.2) is 12.7 Å². The van der Waals surface area contributed by atoms with Gasteiger partial charge >= 0.3 is 0 Å². The molecule has 1 N–H and O–H groups in total. The Hall–Kier alpha value is -3.40. The topological polar surface area (TPSA) is 104 Å². The summed E-state index contributed by atoms with van der Waals surface area (Å²) >= 11 is 12.6. The molecule has 222 valence electrons. The minimum atomic E-state index is -3.99. The number of halogens is 2. The van der Waals surface area contributed by atoms with E-state index >= 15 is 0 Å². The monoisotopic (exact) mass is 629 g/mol. The lowest BCUT2D eigenvalue weighted by atomic mass is 10.0. The van der Waals surface area contributed by atoms with E-state index in [1.54, 1.807) is 30.3 Å². The van der Waals surface area contributed by atoms with E-state index in [1.165, 1.54) is 17.0 Å². The van der Waals surface area contributed by atoms with Gasteiger partial charge in [-0.05, 0) is 47.7 Å². The highest BCUT2D eigenvalue weighted by Gasteiger charge is 2.40. The van der Waals surface area contributed by atoms with Gasteiger partial charge in [-0.1, -0.05) is 85.6 Å². The average molecular weight is 631 g/mol. The second kappa shape index (κ2) is 13.7. The van der Waals surface area contributed by atoms with Crippen molar-refractivity contribution in [3.05, 3.63) is 99.5 Å². The molecule has 1 aliphatic rings. The molecular formula is C31H33Cl2N3O5S. The van der Waals surface area contributed by atoms with Gasteiger partial charge in [-0.15, -0.1) is 0 Å². The molecule has 1 atom stereocenters. The number of amides is 3. The fourth-order valence-corrected chi connectivity index (χ4v) is 6.86. The molecule has 0 aliphatic carbocycles. The van der Waals surface area contributed by atoms with E-state index in [0.29, 0.717) is 22.2 Å². The summed E-state index contributed by atoms with van der Waals surface area (Å²) < 4.78 is 26.7. The lowest BCUT2D eigenvalue weighted by Gasteiger charge is -2.32. The van der Waals surface area contributed by atoms with Crippen LogP contribution < -0.4 is 5.32 Å². The molecule has 3 aromatic rings. The van der Waals surface area contributed by atoms with E-state index in [4.69, 9.17) is 23.2 Å². The van der Waals surface area contributed by atoms with Crippen LogP contribution >= 0.6 is 23.2 Å². The summed E-state index contributed by atoms with van der Waals surface area (Å²) in [4.78, 5) is 41.7. The maximum Gasteiger partial charge on any atom is 0.269 e. The summed E-state index contributed by atoms with van der Waals surface area (Å²) in [5, 5.41) is 3.75. The summed E-state index contributed by atoms with van der Waals surface area (Å²) in [5.74, 6) is -1.09. The molecule has 0 radical (unpaired) electrons. The smallest absolute Gasteiger partial charge is 0.269 e. The van der Waals surface area contributed by atoms with Crippen LogP contribution in [-0.4, -0.2) is 54.5 Å². The molecule has 42 heavy (non-hydrogen) atoms. The molecule has 0 spiro atoms. The number of carbonyl (C=O) groups is 3. The molecule has 0 aromatic heterocycles. The van der Waals surface area contributed by atoms with Crippen LogP contribution in [0.4, 0.5) is 0 Å². The predicted molar refractivity (Wildman–Crippen MR) is 163 cm³/mol. The van der Waals surface area contributed by atoms with Crippen molar-refractivity contribution < 1.29 is 22.8 Å². The van der Waals surface area contributed by atoms with Gasteiger partial charge in [0.2, 0.25) is 11.8 Å². The van der Waals surface area contributed by atoms with Gasteiger partial charge in [0.25, 0.3) is 15.9 Å². The highest BCUT2D eigenvalue weighted by Crippen LogP contribution is 2.30. The first-order valence-corrected chi connectivity index (χ1v) is 15.9. The van der Waals surface area contributed by atoms with Crippen molar-refractivity contribution in [2.45, 2.75) is 50.6 Å². The van der Waals surface area contributed by atoms with E-state index in [2.05, 4.69) is 5.32 Å². The van der Waals surface area contributed by atoms with Gasteiger partial charge in [0.1, 0.15) is 10.9 Å². The molecular weight excluding hydrogens is 597 g/mol. The summed E-state index contributed by atoms with van der Waals surface area (Å²) in [7, 11) is -3.99. The van der Waals surface area contributed by atoms with Crippen molar-refractivity contribution in [2.75, 3.05) is 13.1 Å². The zero-order chi connectivity index (χ0) is 30.4. The van der Waals surface area contributed by atoms with E-state index in [0.717, 1.165) is 9.87 Å². The molecule has 0 saturated carbocycles. The number of fused-ring (bicyclic) bond motifs is 1. The van der Waals surface area contributed by atoms with Crippen molar-refractivity contribution in [3.63, 3.8) is 0 Å². The highest BCUT2D eigenvalue weighted by molar-refractivity contribution is 7.90. The largest absolute Gasteiger partial charge is 0.354 e. The standard InChI is InChI=1S/C31H33Cl2N3O5S/c1-21(2)19-34-30(38)27(17-22-9-4-3-5-10-22)35(20-23-14-15-24(32)18-26(23)33)29(37)13-8-16-36-31(39)25-11-6-7-12-28(25)42(36,40)41/h3-7,9-12,14-15,18,21,27H,8,13,16-17,19-20H2,1-2H3,(H,34,38)/t27-/m0/s1. The zero-order valence-electron chi connectivity index (χ0n) is 23.4. The number of nitrogens with one attached hydrogen (secondary N) is 1. The molecule has 11 heteroatoms. The van der Waals surface area contributed by atoms with Gasteiger partial charge in [-0.2, -0.15) is 0 Å². The highest BCUT2D eigenvalue weighted by atomic mass is 35.5. The third kappa shape index (κ3) is 7.32. The Morgan fingerprint density at radius 1 is 0.976 bits per heavy atom. The first kappa shape index (κ1) is 31.5. The Bertz CT molecular complexity index is 1560. The quantitative estimate of drug-likeness (QED) is 0.292. The summed E-state index contributed by atoms with van der Waals surface area (Å²) in [6.45, 7) is 4.26. The molecule has 1 heterocycles. The van der Waals surface area contributed by atoms with Crippen LogP contribution in [0.1, 0.15) is 48.2 Å². The first-order chi connectivity index (χ1) is 20.0. The summed E-state index contributed by atoms with van der Waals surface area (Å²) in [6.07, 6.45) is 0.244. The minimum absolute atomic E-state index is 0.0355. The maximum absolute atomic E-state index is 13.9. The van der Waals surface area contributed by atoms with Crippen LogP contribution in [0.3, 0.4) is 0 Å². The number of hydrogen-bond donors (Lipinski definition) is 1. The van der Waals surface area contributed by atoms with Gasteiger partial charge in [0, 0.05) is 42.5 Å². The van der Waals surface area contributed by atoms with Crippen molar-refractivity contribution in [1.29, 1.82) is 0 Å². The second-order valence-electron chi connectivity index (χ2n) is 10.6. The Morgan fingerprint density at radius 2 is 1.67 bits per heavy atom. The third-order valence-corrected chi connectivity index (χ3v) is 9.40. The van der Waals surface area contributed by atoms with Gasteiger partial charge in [-0.3, -0.25) is 14.4 Å². The maximum atomic E-state index is 13.9. The van der Waals surface area contributed by atoms with Gasteiger partial charge < -0.3 is 10.2 Å². The van der Waals surface area contributed by atoms with Gasteiger partial charge in [0.15, 0.2) is 0 Å². The molecule has 3 aromatic carbocycles. The SMILES string of the molecule is CC(C)CNC(=O)[C@H](Cc1ccccc1)N(Cc1ccc(Cl)cc1Cl)C(=O)CCCN1C(=O)c2ccccc2S1(=O)=O. The molecule has 8 nitrogen and oxygen atoms in total. The van der Waals surface area contributed by atoms with Crippen LogP contribution in [0, 0.1) is 5.92 Å².